The highest BCUT2D eigenvalue weighted by atomic mass is 32.2. The van der Waals surface area contributed by atoms with E-state index in [0.717, 1.165) is 19.4 Å². The van der Waals surface area contributed by atoms with Crippen LogP contribution in [-0.4, -0.2) is 69.3 Å². The summed E-state index contributed by atoms with van der Waals surface area (Å²) in [5, 5.41) is 0. The molecule has 0 spiro atoms. The smallest absolute Gasteiger partial charge is 0.211 e. The number of fused-ring (bicyclic) bond motifs is 1. The summed E-state index contributed by atoms with van der Waals surface area (Å²) < 4.78 is 31.8. The Morgan fingerprint density at radius 1 is 1.03 bits per heavy atom. The molecule has 0 bridgehead atoms. The van der Waals surface area contributed by atoms with Crippen LogP contribution in [-0.2, 0) is 14.8 Å². The molecule has 2 saturated heterocycles. The van der Waals surface area contributed by atoms with Crippen LogP contribution >= 0.6 is 0 Å². The zero-order chi connectivity index (χ0) is 21.3. The van der Waals surface area contributed by atoms with Gasteiger partial charge in [0.05, 0.1) is 12.9 Å². The van der Waals surface area contributed by atoms with Gasteiger partial charge in [-0.15, -0.1) is 0 Å². The van der Waals surface area contributed by atoms with Gasteiger partial charge in [0, 0.05) is 38.2 Å². The standard InChI is InChI=1S/C24H32N2O3S/c1-18-8-4-5-9-21(18)19-10-12-20(13-11-19)24-22-16-25(30(3,27)28)14-6-7-15-26(22)23(24)17-29-2/h4-5,8-13,22-24H,6-7,14-17H2,1-3H3/t22-,23+,24+/m0/s1. The summed E-state index contributed by atoms with van der Waals surface area (Å²) in [6.45, 7) is 4.99. The minimum absolute atomic E-state index is 0.199. The fourth-order valence-corrected chi connectivity index (χ4v) is 6.03. The molecule has 0 N–H and O–H groups in total. The Bertz CT molecular complexity index is 974. The van der Waals surface area contributed by atoms with E-state index in [1.807, 2.05) is 0 Å². The van der Waals surface area contributed by atoms with E-state index in [1.165, 1.54) is 28.5 Å². The molecule has 0 radical (unpaired) electrons. The molecule has 0 amide bonds. The largest absolute Gasteiger partial charge is 0.383 e. The minimum Gasteiger partial charge on any atom is -0.383 e. The van der Waals surface area contributed by atoms with Crippen molar-refractivity contribution in [3.8, 4) is 11.1 Å². The second-order valence-corrected chi connectivity index (χ2v) is 10.6. The Balaban J connectivity index is 1.62. The van der Waals surface area contributed by atoms with Gasteiger partial charge in [-0.05, 0) is 48.6 Å². The van der Waals surface area contributed by atoms with Crippen molar-refractivity contribution in [2.45, 2.75) is 37.8 Å². The van der Waals surface area contributed by atoms with Crippen molar-refractivity contribution in [1.29, 1.82) is 0 Å². The molecule has 0 aliphatic carbocycles. The molecule has 0 saturated carbocycles. The molecule has 2 heterocycles. The van der Waals surface area contributed by atoms with Gasteiger partial charge in [0.15, 0.2) is 0 Å². The molecule has 0 aromatic heterocycles. The highest BCUT2D eigenvalue weighted by Gasteiger charge is 2.50. The topological polar surface area (TPSA) is 49.9 Å². The highest BCUT2D eigenvalue weighted by Crippen LogP contribution is 2.43. The van der Waals surface area contributed by atoms with E-state index in [2.05, 4.69) is 60.4 Å². The summed E-state index contributed by atoms with van der Waals surface area (Å²) in [5.41, 5.74) is 5.00. The van der Waals surface area contributed by atoms with Crippen LogP contribution in [0.25, 0.3) is 11.1 Å². The first-order valence-electron chi connectivity index (χ1n) is 10.8. The molecule has 5 nitrogen and oxygen atoms in total. The van der Waals surface area contributed by atoms with Crippen molar-refractivity contribution in [2.24, 2.45) is 0 Å². The van der Waals surface area contributed by atoms with Crippen molar-refractivity contribution in [3.05, 3.63) is 59.7 Å². The number of ether oxygens (including phenoxy) is 1. The quantitative estimate of drug-likeness (QED) is 0.731. The third-order valence-electron chi connectivity index (χ3n) is 6.70. The van der Waals surface area contributed by atoms with Crippen LogP contribution in [0.3, 0.4) is 0 Å². The first-order chi connectivity index (χ1) is 14.4. The summed E-state index contributed by atoms with van der Waals surface area (Å²) in [5.74, 6) is 0.276. The Morgan fingerprint density at radius 3 is 2.40 bits per heavy atom. The van der Waals surface area contributed by atoms with Crippen molar-refractivity contribution >= 4 is 10.0 Å². The molecular formula is C24H32N2O3S. The molecule has 30 heavy (non-hydrogen) atoms. The van der Waals surface area contributed by atoms with E-state index in [4.69, 9.17) is 4.74 Å². The maximum atomic E-state index is 12.3. The normalized spacial score (nSPS) is 25.8. The maximum Gasteiger partial charge on any atom is 0.211 e. The van der Waals surface area contributed by atoms with Gasteiger partial charge in [-0.1, -0.05) is 48.5 Å². The van der Waals surface area contributed by atoms with E-state index < -0.39 is 10.0 Å². The third-order valence-corrected chi connectivity index (χ3v) is 7.97. The SMILES string of the molecule is COC[C@@H]1[C@H](c2ccc(-c3ccccc3C)cc2)[C@@H]2CN(S(C)(=O)=O)CCCCN12. The van der Waals surface area contributed by atoms with E-state index >= 15 is 0 Å². The Hall–Kier alpha value is -1.73. The van der Waals surface area contributed by atoms with Crippen LogP contribution in [0.2, 0.25) is 0 Å². The average molecular weight is 429 g/mol. The predicted molar refractivity (Wildman–Crippen MR) is 121 cm³/mol. The summed E-state index contributed by atoms with van der Waals surface area (Å²) in [4.78, 5) is 2.46. The van der Waals surface area contributed by atoms with Gasteiger partial charge >= 0.3 is 0 Å². The van der Waals surface area contributed by atoms with E-state index in [0.29, 0.717) is 25.7 Å². The number of rotatable bonds is 5. The molecule has 3 atom stereocenters. The lowest BCUT2D eigenvalue weighted by molar-refractivity contribution is -0.0634. The number of nitrogens with zero attached hydrogens (tertiary/aromatic N) is 2. The van der Waals surface area contributed by atoms with Crippen LogP contribution < -0.4 is 0 Å². The number of hydrogen-bond acceptors (Lipinski definition) is 4. The summed E-state index contributed by atoms with van der Waals surface area (Å²) in [6, 6.07) is 17.7. The van der Waals surface area contributed by atoms with Crippen LogP contribution in [0.1, 0.15) is 29.9 Å². The number of aryl methyl sites for hydroxylation is 1. The lowest BCUT2D eigenvalue weighted by Gasteiger charge is -2.57. The summed E-state index contributed by atoms with van der Waals surface area (Å²) in [7, 11) is -1.45. The Labute approximate surface area is 180 Å². The zero-order valence-electron chi connectivity index (χ0n) is 18.1. The van der Waals surface area contributed by atoms with Crippen molar-refractivity contribution < 1.29 is 13.2 Å². The number of benzene rings is 2. The first-order valence-corrected chi connectivity index (χ1v) is 12.6. The first kappa shape index (κ1) is 21.5. The van der Waals surface area contributed by atoms with Gasteiger partial charge < -0.3 is 4.74 Å². The van der Waals surface area contributed by atoms with Gasteiger partial charge in [0.25, 0.3) is 0 Å². The van der Waals surface area contributed by atoms with Gasteiger partial charge in [-0.2, -0.15) is 0 Å². The monoisotopic (exact) mass is 428 g/mol. The number of hydrogen-bond donors (Lipinski definition) is 0. The van der Waals surface area contributed by atoms with Crippen molar-refractivity contribution in [2.75, 3.05) is 39.6 Å². The van der Waals surface area contributed by atoms with Crippen LogP contribution in [0, 0.1) is 6.92 Å². The van der Waals surface area contributed by atoms with Crippen LogP contribution in [0.15, 0.2) is 48.5 Å². The molecule has 6 heteroatoms. The van der Waals surface area contributed by atoms with Gasteiger partial charge in [-0.25, -0.2) is 12.7 Å². The second-order valence-electron chi connectivity index (χ2n) is 8.62. The van der Waals surface area contributed by atoms with E-state index in [-0.39, 0.29) is 12.0 Å². The molecule has 0 unspecified atom stereocenters. The van der Waals surface area contributed by atoms with E-state index in [1.54, 1.807) is 11.4 Å². The lowest BCUT2D eigenvalue weighted by atomic mass is 9.74. The van der Waals surface area contributed by atoms with Crippen molar-refractivity contribution in [1.82, 2.24) is 9.21 Å². The predicted octanol–water partition coefficient (Wildman–Crippen LogP) is 3.50. The van der Waals surface area contributed by atoms with Crippen molar-refractivity contribution in [3.63, 3.8) is 0 Å². The molecule has 162 valence electrons. The molecule has 4 rings (SSSR count). The summed E-state index contributed by atoms with van der Waals surface area (Å²) >= 11 is 0. The van der Waals surface area contributed by atoms with Crippen LogP contribution in [0.5, 0.6) is 0 Å². The Kier molecular flexibility index (Phi) is 6.30. The second kappa shape index (κ2) is 8.79. The third kappa shape index (κ3) is 4.19. The minimum atomic E-state index is -3.20. The maximum absolute atomic E-state index is 12.3. The number of sulfonamides is 1. The zero-order valence-corrected chi connectivity index (χ0v) is 18.9. The lowest BCUT2D eigenvalue weighted by Crippen LogP contribution is -2.68. The average Bonchev–Trinajstić information content (AvgIpc) is 2.69. The fourth-order valence-electron chi connectivity index (χ4n) is 5.14. The summed E-state index contributed by atoms with van der Waals surface area (Å²) in [6.07, 6.45) is 3.25. The highest BCUT2D eigenvalue weighted by molar-refractivity contribution is 7.88. The van der Waals surface area contributed by atoms with Gasteiger partial charge in [-0.3, -0.25) is 4.90 Å². The molecule has 2 aliphatic rings. The molecular weight excluding hydrogens is 396 g/mol. The number of methoxy groups -OCH3 is 1. The van der Waals surface area contributed by atoms with Gasteiger partial charge in [0.2, 0.25) is 10.0 Å². The molecule has 2 aromatic rings. The van der Waals surface area contributed by atoms with E-state index in [9.17, 15) is 8.42 Å². The fraction of sp³-hybridized carbons (Fsp3) is 0.500. The van der Waals surface area contributed by atoms with Gasteiger partial charge in [0.1, 0.15) is 0 Å². The molecule has 2 aliphatic heterocycles. The molecule has 2 aromatic carbocycles. The Morgan fingerprint density at radius 2 is 1.73 bits per heavy atom. The van der Waals surface area contributed by atoms with Crippen LogP contribution in [0.4, 0.5) is 0 Å². The molecule has 2 fully saturated rings.